The Kier molecular flexibility index (Phi) is 5.95. The molecule has 0 aliphatic carbocycles. The molecule has 1 rings (SSSR count). The fourth-order valence-electron chi connectivity index (χ4n) is 1.95. The van der Waals surface area contributed by atoms with Crippen molar-refractivity contribution in [2.24, 2.45) is 0 Å². The van der Waals surface area contributed by atoms with Crippen molar-refractivity contribution in [1.29, 1.82) is 0 Å². The van der Waals surface area contributed by atoms with E-state index < -0.39 is 10.9 Å². The van der Waals surface area contributed by atoms with Gasteiger partial charge in [-0.3, -0.25) is 14.9 Å². The minimum atomic E-state index is -0.493. The van der Waals surface area contributed by atoms with Gasteiger partial charge in [-0.05, 0) is 32.9 Å². The van der Waals surface area contributed by atoms with Crippen LogP contribution in [0.4, 0.5) is 11.4 Å². The van der Waals surface area contributed by atoms with Crippen LogP contribution in [0.5, 0.6) is 5.75 Å². The van der Waals surface area contributed by atoms with Crippen LogP contribution >= 0.6 is 0 Å². The predicted octanol–water partition coefficient (Wildman–Crippen LogP) is 2.38. The van der Waals surface area contributed by atoms with Gasteiger partial charge in [0.1, 0.15) is 12.2 Å². The number of nitro groups is 1. The van der Waals surface area contributed by atoms with E-state index in [9.17, 15) is 14.9 Å². The molecule has 0 saturated heterocycles. The van der Waals surface area contributed by atoms with Crippen molar-refractivity contribution in [3.63, 3.8) is 0 Å². The number of benzene rings is 1. The van der Waals surface area contributed by atoms with E-state index in [0.29, 0.717) is 12.3 Å². The topological polar surface area (TPSA) is 81.9 Å². The van der Waals surface area contributed by atoms with Gasteiger partial charge in [-0.15, -0.1) is 0 Å². The minimum absolute atomic E-state index is 0.0649. The van der Waals surface area contributed by atoms with Gasteiger partial charge >= 0.3 is 11.7 Å². The van der Waals surface area contributed by atoms with Crippen molar-refractivity contribution in [3.05, 3.63) is 28.3 Å². The van der Waals surface area contributed by atoms with E-state index in [1.165, 1.54) is 7.11 Å². The Bertz CT molecular complexity index is 516. The number of esters is 1. The monoisotopic (exact) mass is 296 g/mol. The van der Waals surface area contributed by atoms with E-state index >= 15 is 0 Å². The lowest BCUT2D eigenvalue weighted by atomic mass is 10.2. The van der Waals surface area contributed by atoms with Gasteiger partial charge in [0.05, 0.1) is 18.6 Å². The number of nitrogens with zero attached hydrogens (tertiary/aromatic N) is 2. The molecule has 0 bridgehead atoms. The molecular formula is C14H20N2O5. The van der Waals surface area contributed by atoms with Crippen LogP contribution < -0.4 is 9.64 Å². The Morgan fingerprint density at radius 1 is 1.43 bits per heavy atom. The van der Waals surface area contributed by atoms with Gasteiger partial charge in [0.25, 0.3) is 0 Å². The van der Waals surface area contributed by atoms with Gasteiger partial charge in [0.15, 0.2) is 5.75 Å². The Morgan fingerprint density at radius 2 is 2.10 bits per heavy atom. The highest BCUT2D eigenvalue weighted by Gasteiger charge is 2.27. The molecule has 0 aromatic heterocycles. The van der Waals surface area contributed by atoms with E-state index in [-0.39, 0.29) is 24.0 Å². The lowest BCUT2D eigenvalue weighted by molar-refractivity contribution is -0.385. The second-order valence-corrected chi connectivity index (χ2v) is 4.61. The van der Waals surface area contributed by atoms with E-state index in [1.54, 1.807) is 30.0 Å². The maximum absolute atomic E-state index is 11.5. The zero-order chi connectivity index (χ0) is 16.0. The first-order chi connectivity index (χ1) is 9.92. The number of methoxy groups -OCH3 is 1. The summed E-state index contributed by atoms with van der Waals surface area (Å²) in [6.45, 7) is 5.71. The Labute approximate surface area is 123 Å². The molecule has 0 unspecified atom stereocenters. The number of para-hydroxylation sites is 1. The summed E-state index contributed by atoms with van der Waals surface area (Å²) in [6, 6.07) is 4.70. The number of rotatable bonds is 7. The normalized spacial score (nSPS) is 10.3. The molecule has 21 heavy (non-hydrogen) atoms. The molecule has 116 valence electrons. The van der Waals surface area contributed by atoms with Crippen LogP contribution in [0, 0.1) is 10.1 Å². The number of carbonyl (C=O) groups is 1. The zero-order valence-corrected chi connectivity index (χ0v) is 12.7. The van der Waals surface area contributed by atoms with Crippen molar-refractivity contribution in [2.45, 2.75) is 26.8 Å². The number of hydrogen-bond acceptors (Lipinski definition) is 6. The largest absolute Gasteiger partial charge is 0.487 e. The summed E-state index contributed by atoms with van der Waals surface area (Å²) in [7, 11) is 1.28. The maximum atomic E-state index is 11.5. The molecule has 7 nitrogen and oxygen atoms in total. The highest BCUT2D eigenvalue weighted by molar-refractivity contribution is 5.79. The van der Waals surface area contributed by atoms with Crippen LogP contribution in [0.2, 0.25) is 0 Å². The van der Waals surface area contributed by atoms with Gasteiger partial charge in [-0.1, -0.05) is 6.07 Å². The SMILES string of the molecule is CCOc1cccc(N(CC(=O)OC)C(C)C)c1[N+](=O)[O-]. The number of nitro benzene ring substituents is 1. The molecule has 0 saturated carbocycles. The van der Waals surface area contributed by atoms with E-state index in [1.807, 2.05) is 13.8 Å². The molecule has 0 radical (unpaired) electrons. The number of ether oxygens (including phenoxy) is 2. The lowest BCUT2D eigenvalue weighted by Crippen LogP contribution is -2.36. The van der Waals surface area contributed by atoms with Crippen molar-refractivity contribution in [3.8, 4) is 5.75 Å². The maximum Gasteiger partial charge on any atom is 0.333 e. The Morgan fingerprint density at radius 3 is 2.57 bits per heavy atom. The molecule has 0 spiro atoms. The summed E-state index contributed by atoms with van der Waals surface area (Å²) in [6.07, 6.45) is 0. The van der Waals surface area contributed by atoms with E-state index in [4.69, 9.17) is 4.74 Å². The number of hydrogen-bond donors (Lipinski definition) is 0. The first-order valence-electron chi connectivity index (χ1n) is 6.66. The van der Waals surface area contributed by atoms with Gasteiger partial charge < -0.3 is 14.4 Å². The molecule has 1 aromatic carbocycles. The van der Waals surface area contributed by atoms with Crippen molar-refractivity contribution in [2.75, 3.05) is 25.2 Å². The number of anilines is 1. The highest BCUT2D eigenvalue weighted by Crippen LogP contribution is 2.37. The van der Waals surface area contributed by atoms with Crippen molar-refractivity contribution >= 4 is 17.3 Å². The fourth-order valence-corrected chi connectivity index (χ4v) is 1.95. The van der Waals surface area contributed by atoms with Gasteiger partial charge in [-0.2, -0.15) is 0 Å². The predicted molar refractivity (Wildman–Crippen MR) is 78.8 cm³/mol. The first kappa shape index (κ1) is 16.7. The van der Waals surface area contributed by atoms with E-state index in [0.717, 1.165) is 0 Å². The second-order valence-electron chi connectivity index (χ2n) is 4.61. The first-order valence-corrected chi connectivity index (χ1v) is 6.66. The second kappa shape index (κ2) is 7.47. The van der Waals surface area contributed by atoms with Gasteiger partial charge in [0.2, 0.25) is 0 Å². The van der Waals surface area contributed by atoms with Crippen molar-refractivity contribution in [1.82, 2.24) is 0 Å². The average molecular weight is 296 g/mol. The summed E-state index contributed by atoms with van der Waals surface area (Å²) in [5.74, 6) is -0.268. The lowest BCUT2D eigenvalue weighted by Gasteiger charge is -2.27. The summed E-state index contributed by atoms with van der Waals surface area (Å²) in [5.41, 5.74) is 0.198. The summed E-state index contributed by atoms with van der Waals surface area (Å²) in [5, 5.41) is 11.4. The molecule has 0 aliphatic rings. The van der Waals surface area contributed by atoms with Crippen LogP contribution in [0.3, 0.4) is 0 Å². The van der Waals surface area contributed by atoms with Crippen LogP contribution in [0.25, 0.3) is 0 Å². The number of carbonyl (C=O) groups excluding carboxylic acids is 1. The van der Waals surface area contributed by atoms with Crippen molar-refractivity contribution < 1.29 is 19.2 Å². The van der Waals surface area contributed by atoms with E-state index in [2.05, 4.69) is 4.74 Å². The fraction of sp³-hybridized carbons (Fsp3) is 0.500. The molecule has 7 heteroatoms. The zero-order valence-electron chi connectivity index (χ0n) is 12.7. The molecule has 1 aromatic rings. The molecule has 0 atom stereocenters. The smallest absolute Gasteiger partial charge is 0.333 e. The van der Waals surface area contributed by atoms with Gasteiger partial charge in [-0.25, -0.2) is 0 Å². The molecule has 0 N–H and O–H groups in total. The van der Waals surface area contributed by atoms with Crippen LogP contribution in [-0.2, 0) is 9.53 Å². The van der Waals surface area contributed by atoms with Gasteiger partial charge in [0, 0.05) is 6.04 Å². The van der Waals surface area contributed by atoms with Crippen LogP contribution in [0.15, 0.2) is 18.2 Å². The summed E-state index contributed by atoms with van der Waals surface area (Å²) >= 11 is 0. The third-order valence-electron chi connectivity index (χ3n) is 2.92. The highest BCUT2D eigenvalue weighted by atomic mass is 16.6. The minimum Gasteiger partial charge on any atom is -0.487 e. The molecule has 0 amide bonds. The standard InChI is InChI=1S/C14H20N2O5/c1-5-21-12-8-6-7-11(14(12)16(18)19)15(10(2)3)9-13(17)20-4/h6-8,10H,5,9H2,1-4H3. The third-order valence-corrected chi connectivity index (χ3v) is 2.92. The quantitative estimate of drug-likeness (QED) is 0.436. The molecule has 0 heterocycles. The van der Waals surface area contributed by atoms with Crippen LogP contribution in [-0.4, -0.2) is 37.2 Å². The Hall–Kier alpha value is -2.31. The van der Waals surface area contributed by atoms with Crippen LogP contribution in [0.1, 0.15) is 20.8 Å². The Balaban J connectivity index is 3.33. The summed E-state index contributed by atoms with van der Waals surface area (Å²) < 4.78 is 9.96. The molecular weight excluding hydrogens is 276 g/mol. The average Bonchev–Trinajstić information content (AvgIpc) is 2.43. The molecule has 0 fully saturated rings. The molecule has 0 aliphatic heterocycles. The third kappa shape index (κ3) is 4.08. The summed E-state index contributed by atoms with van der Waals surface area (Å²) in [4.78, 5) is 24.0.